The number of hydrogen-bond donors (Lipinski definition) is 3. The molecule has 9 nitrogen and oxygen atoms in total. The van der Waals surface area contributed by atoms with Gasteiger partial charge in [0.25, 0.3) is 10.0 Å². The average molecular weight is 493 g/mol. The highest BCUT2D eigenvalue weighted by atomic mass is 32.2. The van der Waals surface area contributed by atoms with E-state index in [0.29, 0.717) is 50.9 Å². The van der Waals surface area contributed by atoms with Gasteiger partial charge in [-0.05, 0) is 48.4 Å². The monoisotopic (exact) mass is 492 g/mol. The number of carbonyl (C=O) groups excluding carboxylic acids is 1. The minimum atomic E-state index is -4.09. The lowest BCUT2D eigenvalue weighted by atomic mass is 10.1. The summed E-state index contributed by atoms with van der Waals surface area (Å²) in [5.74, 6) is -1.50. The standard InChI is InChI=1S/C23H29FN4O5S/c1-16(2)14-25-22(29)15-27-9-11-28(12-10-27)18-5-8-21(20(13-18)23(30)31)26-34(32,33)19-6-3-17(24)4-7-19/h3-8,13,16,26H,9-12,14-15H2,1-2H3,(H,25,29)(H,30,31). The van der Waals surface area contributed by atoms with Crippen molar-refractivity contribution >= 4 is 33.3 Å². The first-order valence-electron chi connectivity index (χ1n) is 10.9. The molecule has 1 heterocycles. The number of halogens is 1. The van der Waals surface area contributed by atoms with Crippen molar-refractivity contribution in [3.63, 3.8) is 0 Å². The van der Waals surface area contributed by atoms with Crippen LogP contribution < -0.4 is 14.9 Å². The molecule has 0 aromatic heterocycles. The van der Waals surface area contributed by atoms with E-state index >= 15 is 0 Å². The Morgan fingerprint density at radius 1 is 1.06 bits per heavy atom. The van der Waals surface area contributed by atoms with E-state index in [1.165, 1.54) is 12.1 Å². The number of piperazine rings is 1. The summed E-state index contributed by atoms with van der Waals surface area (Å²) in [7, 11) is -4.09. The molecule has 0 atom stereocenters. The number of nitrogens with one attached hydrogen (secondary N) is 2. The van der Waals surface area contributed by atoms with E-state index in [-0.39, 0.29) is 22.1 Å². The van der Waals surface area contributed by atoms with Gasteiger partial charge in [0.2, 0.25) is 5.91 Å². The number of carboxylic acid groups (broad SMARTS) is 1. The normalized spacial score (nSPS) is 14.8. The average Bonchev–Trinajstić information content (AvgIpc) is 2.78. The quantitative estimate of drug-likeness (QED) is 0.491. The number of rotatable bonds is 9. The molecule has 0 unspecified atom stereocenters. The van der Waals surface area contributed by atoms with Crippen molar-refractivity contribution in [3.05, 3.63) is 53.8 Å². The molecule has 3 rings (SSSR count). The van der Waals surface area contributed by atoms with Crippen LogP contribution in [-0.4, -0.2) is 69.6 Å². The molecule has 1 saturated heterocycles. The molecule has 11 heteroatoms. The zero-order valence-electron chi connectivity index (χ0n) is 19.1. The predicted molar refractivity (Wildman–Crippen MR) is 127 cm³/mol. The molecule has 0 spiro atoms. The van der Waals surface area contributed by atoms with Crippen LogP contribution in [0.1, 0.15) is 24.2 Å². The molecule has 0 radical (unpaired) electrons. The van der Waals surface area contributed by atoms with E-state index in [0.717, 1.165) is 24.3 Å². The summed E-state index contributed by atoms with van der Waals surface area (Å²) >= 11 is 0. The van der Waals surface area contributed by atoms with Crippen LogP contribution in [-0.2, 0) is 14.8 Å². The van der Waals surface area contributed by atoms with Crippen molar-refractivity contribution in [1.29, 1.82) is 0 Å². The van der Waals surface area contributed by atoms with Crippen LogP contribution in [0.4, 0.5) is 15.8 Å². The van der Waals surface area contributed by atoms with Gasteiger partial charge in [-0.3, -0.25) is 14.4 Å². The summed E-state index contributed by atoms with van der Waals surface area (Å²) in [6, 6.07) is 8.73. The molecule has 0 saturated carbocycles. The molecule has 1 amide bonds. The maximum atomic E-state index is 13.1. The molecule has 1 fully saturated rings. The third-order valence-electron chi connectivity index (χ3n) is 5.41. The number of amides is 1. The molecule has 1 aliphatic rings. The fourth-order valence-corrected chi connectivity index (χ4v) is 4.63. The molecule has 1 aliphatic heterocycles. The van der Waals surface area contributed by atoms with Crippen molar-refractivity contribution in [2.75, 3.05) is 48.9 Å². The van der Waals surface area contributed by atoms with E-state index in [1.54, 1.807) is 6.07 Å². The lowest BCUT2D eigenvalue weighted by Gasteiger charge is -2.36. The number of aromatic carboxylic acids is 1. The van der Waals surface area contributed by atoms with Gasteiger partial charge in [-0.25, -0.2) is 17.6 Å². The second-order valence-electron chi connectivity index (χ2n) is 8.56. The van der Waals surface area contributed by atoms with Gasteiger partial charge in [-0.2, -0.15) is 0 Å². The molecule has 2 aromatic carbocycles. The van der Waals surface area contributed by atoms with E-state index in [9.17, 15) is 27.5 Å². The third-order valence-corrected chi connectivity index (χ3v) is 6.80. The lowest BCUT2D eigenvalue weighted by Crippen LogP contribution is -2.49. The van der Waals surface area contributed by atoms with Crippen LogP contribution in [0, 0.1) is 11.7 Å². The summed E-state index contributed by atoms with van der Waals surface area (Å²) in [5, 5.41) is 12.6. The Hall–Kier alpha value is -3.18. The molecule has 2 aromatic rings. The Bertz CT molecular complexity index is 1130. The Balaban J connectivity index is 1.67. The molecular formula is C23H29FN4O5S. The maximum absolute atomic E-state index is 13.1. The van der Waals surface area contributed by atoms with E-state index in [4.69, 9.17) is 0 Å². The van der Waals surface area contributed by atoms with Crippen LogP contribution in [0.3, 0.4) is 0 Å². The number of carbonyl (C=O) groups is 2. The van der Waals surface area contributed by atoms with Crippen molar-refractivity contribution in [2.24, 2.45) is 5.92 Å². The SMILES string of the molecule is CC(C)CNC(=O)CN1CCN(c2ccc(NS(=O)(=O)c3ccc(F)cc3)c(C(=O)O)c2)CC1. The first-order chi connectivity index (χ1) is 16.0. The summed E-state index contributed by atoms with van der Waals surface area (Å²) in [6.07, 6.45) is 0. The molecule has 184 valence electrons. The van der Waals surface area contributed by atoms with Crippen LogP contribution in [0.25, 0.3) is 0 Å². The number of hydrogen-bond acceptors (Lipinski definition) is 6. The number of nitrogens with zero attached hydrogens (tertiary/aromatic N) is 2. The Morgan fingerprint density at radius 3 is 2.29 bits per heavy atom. The van der Waals surface area contributed by atoms with Crippen LogP contribution in [0.5, 0.6) is 0 Å². The maximum Gasteiger partial charge on any atom is 0.337 e. The number of anilines is 2. The zero-order valence-corrected chi connectivity index (χ0v) is 19.9. The van der Waals surface area contributed by atoms with Crippen molar-refractivity contribution in [3.8, 4) is 0 Å². The van der Waals surface area contributed by atoms with Gasteiger partial charge < -0.3 is 15.3 Å². The van der Waals surface area contributed by atoms with Crippen molar-refractivity contribution in [1.82, 2.24) is 10.2 Å². The molecular weight excluding hydrogens is 463 g/mol. The fraction of sp³-hybridized carbons (Fsp3) is 0.391. The van der Waals surface area contributed by atoms with Gasteiger partial charge >= 0.3 is 5.97 Å². The summed E-state index contributed by atoms with van der Waals surface area (Å²) in [6.45, 7) is 7.47. The minimum Gasteiger partial charge on any atom is -0.478 e. The van der Waals surface area contributed by atoms with E-state index in [1.807, 2.05) is 23.6 Å². The highest BCUT2D eigenvalue weighted by Crippen LogP contribution is 2.26. The third kappa shape index (κ3) is 6.67. The number of benzene rings is 2. The Morgan fingerprint density at radius 2 is 1.71 bits per heavy atom. The molecule has 0 bridgehead atoms. The van der Waals surface area contributed by atoms with Crippen LogP contribution in [0.15, 0.2) is 47.4 Å². The Labute approximate surface area is 198 Å². The first kappa shape index (κ1) is 25.4. The summed E-state index contributed by atoms with van der Waals surface area (Å²) in [5.41, 5.74) is 0.366. The molecule has 34 heavy (non-hydrogen) atoms. The van der Waals surface area contributed by atoms with Gasteiger partial charge in [0.1, 0.15) is 5.82 Å². The summed E-state index contributed by atoms with van der Waals surface area (Å²) < 4.78 is 40.6. The molecule has 0 aliphatic carbocycles. The molecule has 3 N–H and O–H groups in total. The van der Waals surface area contributed by atoms with Gasteiger partial charge in [-0.15, -0.1) is 0 Å². The fourth-order valence-electron chi connectivity index (χ4n) is 3.55. The van der Waals surface area contributed by atoms with Gasteiger partial charge in [0.15, 0.2) is 0 Å². The second kappa shape index (κ2) is 10.8. The van der Waals surface area contributed by atoms with Crippen molar-refractivity contribution < 1.29 is 27.5 Å². The van der Waals surface area contributed by atoms with Crippen LogP contribution in [0.2, 0.25) is 0 Å². The van der Waals surface area contributed by atoms with Gasteiger partial charge in [0, 0.05) is 38.4 Å². The minimum absolute atomic E-state index is 0.0203. The largest absolute Gasteiger partial charge is 0.478 e. The lowest BCUT2D eigenvalue weighted by molar-refractivity contribution is -0.122. The second-order valence-corrected chi connectivity index (χ2v) is 10.2. The summed E-state index contributed by atoms with van der Waals surface area (Å²) in [4.78, 5) is 27.8. The van der Waals surface area contributed by atoms with E-state index < -0.39 is 21.8 Å². The van der Waals surface area contributed by atoms with Gasteiger partial charge in [0.05, 0.1) is 22.7 Å². The predicted octanol–water partition coefficient (Wildman–Crippen LogP) is 2.22. The van der Waals surface area contributed by atoms with E-state index in [2.05, 4.69) is 10.0 Å². The highest BCUT2D eigenvalue weighted by Gasteiger charge is 2.23. The first-order valence-corrected chi connectivity index (χ1v) is 12.4. The van der Waals surface area contributed by atoms with Gasteiger partial charge in [-0.1, -0.05) is 13.8 Å². The van der Waals surface area contributed by atoms with Crippen molar-refractivity contribution in [2.45, 2.75) is 18.7 Å². The number of sulfonamides is 1. The topological polar surface area (TPSA) is 119 Å². The zero-order chi connectivity index (χ0) is 24.9. The van der Waals surface area contributed by atoms with Crippen LogP contribution >= 0.6 is 0 Å². The smallest absolute Gasteiger partial charge is 0.337 e. The Kier molecular flexibility index (Phi) is 8.11. The number of carboxylic acids is 1. The highest BCUT2D eigenvalue weighted by molar-refractivity contribution is 7.92.